The van der Waals surface area contributed by atoms with Gasteiger partial charge in [-0.05, 0) is 31.9 Å². The fourth-order valence-corrected chi connectivity index (χ4v) is 3.39. The van der Waals surface area contributed by atoms with Gasteiger partial charge in [0.15, 0.2) is 5.69 Å². The average molecular weight is 315 g/mol. The standard InChI is InChI=1S/C20H29NO2/c1-4-5-6-7-8-9-10-13-20(2)15-18(22)17-14-16(21-3)11-12-19(17)23-20/h11-12,14,18,22H,4-10,13,15H2,1-2H3. The molecule has 1 aromatic rings. The first-order chi connectivity index (χ1) is 11.1. The van der Waals surface area contributed by atoms with Crippen molar-refractivity contribution in [2.24, 2.45) is 0 Å². The number of rotatable bonds is 8. The molecule has 0 aromatic heterocycles. The van der Waals surface area contributed by atoms with E-state index in [1.807, 2.05) is 6.07 Å². The molecule has 0 bridgehead atoms. The van der Waals surface area contributed by atoms with Crippen LogP contribution in [0.2, 0.25) is 0 Å². The zero-order valence-electron chi connectivity index (χ0n) is 14.5. The second-order valence-electron chi connectivity index (χ2n) is 6.98. The van der Waals surface area contributed by atoms with Crippen molar-refractivity contribution < 1.29 is 9.84 Å². The van der Waals surface area contributed by atoms with Crippen molar-refractivity contribution in [1.29, 1.82) is 0 Å². The molecular weight excluding hydrogens is 286 g/mol. The molecule has 3 heteroatoms. The van der Waals surface area contributed by atoms with Gasteiger partial charge in [0.05, 0.1) is 12.7 Å². The van der Waals surface area contributed by atoms with Gasteiger partial charge in [0.2, 0.25) is 0 Å². The van der Waals surface area contributed by atoms with E-state index in [9.17, 15) is 5.11 Å². The molecule has 0 saturated carbocycles. The van der Waals surface area contributed by atoms with E-state index < -0.39 is 6.10 Å². The summed E-state index contributed by atoms with van der Waals surface area (Å²) in [7, 11) is 0. The zero-order valence-corrected chi connectivity index (χ0v) is 14.5. The minimum Gasteiger partial charge on any atom is -0.487 e. The molecule has 1 heterocycles. The number of aliphatic hydroxyl groups excluding tert-OH is 1. The quantitative estimate of drug-likeness (QED) is 0.475. The lowest BCUT2D eigenvalue weighted by Gasteiger charge is -2.38. The molecule has 1 aliphatic heterocycles. The number of unbranched alkanes of at least 4 members (excludes halogenated alkanes) is 6. The molecule has 2 unspecified atom stereocenters. The number of ether oxygens (including phenoxy) is 1. The lowest BCUT2D eigenvalue weighted by molar-refractivity contribution is -0.00844. The Morgan fingerprint density at radius 3 is 2.61 bits per heavy atom. The maximum absolute atomic E-state index is 10.4. The Kier molecular flexibility index (Phi) is 6.47. The first kappa shape index (κ1) is 17.8. The molecular formula is C20H29NO2. The topological polar surface area (TPSA) is 33.8 Å². The van der Waals surface area contributed by atoms with Crippen LogP contribution in [0, 0.1) is 6.57 Å². The highest BCUT2D eigenvalue weighted by atomic mass is 16.5. The van der Waals surface area contributed by atoms with Gasteiger partial charge in [-0.25, -0.2) is 4.85 Å². The fraction of sp³-hybridized carbons (Fsp3) is 0.650. The van der Waals surface area contributed by atoms with Gasteiger partial charge in [-0.3, -0.25) is 0 Å². The number of aliphatic hydroxyl groups is 1. The van der Waals surface area contributed by atoms with Crippen LogP contribution in [0.1, 0.15) is 83.3 Å². The normalized spacial score (nSPS) is 23.0. The summed E-state index contributed by atoms with van der Waals surface area (Å²) in [6.45, 7) is 11.4. The van der Waals surface area contributed by atoms with Crippen LogP contribution in [0.5, 0.6) is 5.75 Å². The number of fused-ring (bicyclic) bond motifs is 1. The van der Waals surface area contributed by atoms with Crippen molar-refractivity contribution in [3.8, 4) is 5.75 Å². The Morgan fingerprint density at radius 2 is 1.91 bits per heavy atom. The van der Waals surface area contributed by atoms with E-state index in [-0.39, 0.29) is 5.60 Å². The summed E-state index contributed by atoms with van der Waals surface area (Å²) < 4.78 is 6.17. The summed E-state index contributed by atoms with van der Waals surface area (Å²) in [6.07, 6.45) is 10.0. The molecule has 126 valence electrons. The number of benzene rings is 1. The van der Waals surface area contributed by atoms with Gasteiger partial charge in [0.1, 0.15) is 11.4 Å². The number of hydrogen-bond acceptors (Lipinski definition) is 2. The van der Waals surface area contributed by atoms with Crippen LogP contribution in [0.4, 0.5) is 5.69 Å². The minimum absolute atomic E-state index is 0.296. The largest absolute Gasteiger partial charge is 0.487 e. The van der Waals surface area contributed by atoms with Crippen LogP contribution < -0.4 is 4.74 Å². The van der Waals surface area contributed by atoms with Crippen molar-refractivity contribution >= 4 is 5.69 Å². The Bertz CT molecular complexity index is 549. The predicted octanol–water partition coefficient (Wildman–Crippen LogP) is 5.95. The Labute approximate surface area is 140 Å². The van der Waals surface area contributed by atoms with Gasteiger partial charge < -0.3 is 9.84 Å². The first-order valence-corrected chi connectivity index (χ1v) is 8.96. The number of nitrogens with zero attached hydrogens (tertiary/aromatic N) is 1. The molecule has 23 heavy (non-hydrogen) atoms. The van der Waals surface area contributed by atoms with Crippen molar-refractivity contribution in [3.05, 3.63) is 35.2 Å². The van der Waals surface area contributed by atoms with Crippen LogP contribution in [0.25, 0.3) is 4.85 Å². The summed E-state index contributed by atoms with van der Waals surface area (Å²) in [5.41, 5.74) is 1.02. The van der Waals surface area contributed by atoms with Gasteiger partial charge in [-0.2, -0.15) is 0 Å². The summed E-state index contributed by atoms with van der Waals surface area (Å²) in [6, 6.07) is 5.34. The maximum atomic E-state index is 10.4. The lowest BCUT2D eigenvalue weighted by Crippen LogP contribution is -2.38. The smallest absolute Gasteiger partial charge is 0.187 e. The summed E-state index contributed by atoms with van der Waals surface area (Å²) >= 11 is 0. The molecule has 1 aromatic carbocycles. The lowest BCUT2D eigenvalue weighted by atomic mass is 9.86. The van der Waals surface area contributed by atoms with E-state index in [1.165, 1.54) is 38.5 Å². The van der Waals surface area contributed by atoms with E-state index in [0.717, 1.165) is 24.2 Å². The average Bonchev–Trinajstić information content (AvgIpc) is 2.53. The van der Waals surface area contributed by atoms with Gasteiger partial charge in [0.25, 0.3) is 0 Å². The highest BCUT2D eigenvalue weighted by Crippen LogP contribution is 2.43. The third kappa shape index (κ3) is 4.97. The monoisotopic (exact) mass is 315 g/mol. The second-order valence-corrected chi connectivity index (χ2v) is 6.98. The van der Waals surface area contributed by atoms with E-state index in [1.54, 1.807) is 12.1 Å². The van der Waals surface area contributed by atoms with Gasteiger partial charge in [0, 0.05) is 12.0 Å². The second kappa shape index (κ2) is 8.36. The van der Waals surface area contributed by atoms with Gasteiger partial charge >= 0.3 is 0 Å². The molecule has 1 aliphatic rings. The van der Waals surface area contributed by atoms with Crippen LogP contribution in [0.15, 0.2) is 18.2 Å². The SMILES string of the molecule is [C-]#[N+]c1ccc2c(c1)C(O)CC(C)(CCCCCCCCC)O2. The highest BCUT2D eigenvalue weighted by Gasteiger charge is 2.36. The van der Waals surface area contributed by atoms with Crippen molar-refractivity contribution in [1.82, 2.24) is 0 Å². The summed E-state index contributed by atoms with van der Waals surface area (Å²) in [4.78, 5) is 3.42. The minimum atomic E-state index is -0.532. The van der Waals surface area contributed by atoms with Crippen LogP contribution >= 0.6 is 0 Å². The predicted molar refractivity (Wildman–Crippen MR) is 93.9 cm³/mol. The fourth-order valence-electron chi connectivity index (χ4n) is 3.39. The molecule has 2 atom stereocenters. The van der Waals surface area contributed by atoms with Gasteiger partial charge in [-0.1, -0.05) is 51.5 Å². The molecule has 0 radical (unpaired) electrons. The molecule has 0 aliphatic carbocycles. The van der Waals surface area contributed by atoms with Gasteiger partial charge in [-0.15, -0.1) is 0 Å². The van der Waals surface area contributed by atoms with Crippen molar-refractivity contribution in [2.45, 2.75) is 83.3 Å². The molecule has 0 fully saturated rings. The molecule has 3 nitrogen and oxygen atoms in total. The Balaban J connectivity index is 1.85. The summed E-state index contributed by atoms with van der Waals surface area (Å²) in [5, 5.41) is 10.4. The first-order valence-electron chi connectivity index (χ1n) is 8.96. The number of hydrogen-bond donors (Lipinski definition) is 1. The Morgan fingerprint density at radius 1 is 1.22 bits per heavy atom. The Hall–Kier alpha value is -1.53. The zero-order chi connectivity index (χ0) is 16.7. The molecule has 2 rings (SSSR count). The van der Waals surface area contributed by atoms with E-state index in [2.05, 4.69) is 18.7 Å². The van der Waals surface area contributed by atoms with Crippen LogP contribution in [-0.4, -0.2) is 10.7 Å². The van der Waals surface area contributed by atoms with E-state index >= 15 is 0 Å². The van der Waals surface area contributed by atoms with E-state index in [4.69, 9.17) is 11.3 Å². The summed E-state index contributed by atoms with van der Waals surface area (Å²) in [5.74, 6) is 0.738. The molecule has 1 N–H and O–H groups in total. The highest BCUT2D eigenvalue weighted by molar-refractivity contribution is 5.53. The molecule has 0 spiro atoms. The molecule has 0 amide bonds. The third-order valence-electron chi connectivity index (χ3n) is 4.77. The van der Waals surface area contributed by atoms with E-state index in [0.29, 0.717) is 12.1 Å². The third-order valence-corrected chi connectivity index (χ3v) is 4.77. The molecule has 0 saturated heterocycles. The van der Waals surface area contributed by atoms with Crippen LogP contribution in [-0.2, 0) is 0 Å². The van der Waals surface area contributed by atoms with Crippen molar-refractivity contribution in [3.63, 3.8) is 0 Å². The maximum Gasteiger partial charge on any atom is 0.187 e. The van der Waals surface area contributed by atoms with Crippen molar-refractivity contribution in [2.75, 3.05) is 0 Å². The van der Waals surface area contributed by atoms with Crippen LogP contribution in [0.3, 0.4) is 0 Å².